The van der Waals surface area contributed by atoms with Gasteiger partial charge in [-0.3, -0.25) is 28.8 Å². The van der Waals surface area contributed by atoms with Crippen LogP contribution in [-0.2, 0) is 28.6 Å². The number of fused-ring (bicyclic) bond motifs is 2. The Labute approximate surface area is 211 Å². The molecule has 1 aromatic heterocycles. The standard InChI is InChI=1S/C24H23NO10.ClH/c1-12(25)22(30)32-10-24(2,3)23(31)34-11-33-18(27)9-16(26)17-8-15-19(28)13-6-4-5-7-14(13)20(29)21(15)35-17;/h4-8,12H,9-11,25H2,1-3H3;1H/t12-;/m0./s1. The molecule has 0 spiro atoms. The summed E-state index contributed by atoms with van der Waals surface area (Å²) in [6.45, 7) is 3.25. The lowest BCUT2D eigenvalue weighted by molar-refractivity contribution is -0.176. The molecule has 36 heavy (non-hydrogen) atoms. The van der Waals surface area contributed by atoms with E-state index >= 15 is 0 Å². The Morgan fingerprint density at radius 2 is 1.58 bits per heavy atom. The van der Waals surface area contributed by atoms with Gasteiger partial charge in [-0.25, -0.2) is 0 Å². The lowest BCUT2D eigenvalue weighted by atomic mass is 9.88. The van der Waals surface area contributed by atoms with E-state index in [0.717, 1.165) is 6.07 Å². The molecule has 0 unspecified atom stereocenters. The fraction of sp³-hybridized carbons (Fsp3) is 0.333. The highest BCUT2D eigenvalue weighted by molar-refractivity contribution is 6.28. The smallest absolute Gasteiger partial charge is 0.322 e. The number of hydrogen-bond acceptors (Lipinski definition) is 11. The molecule has 11 nitrogen and oxygen atoms in total. The second-order valence-corrected chi connectivity index (χ2v) is 8.50. The number of nitrogens with two attached hydrogens (primary N) is 1. The van der Waals surface area contributed by atoms with Crippen molar-refractivity contribution in [2.45, 2.75) is 33.2 Å². The molecule has 0 aliphatic heterocycles. The van der Waals surface area contributed by atoms with Crippen LogP contribution >= 0.6 is 12.4 Å². The number of rotatable bonds is 9. The van der Waals surface area contributed by atoms with Crippen LogP contribution < -0.4 is 5.73 Å². The van der Waals surface area contributed by atoms with Crippen molar-refractivity contribution in [1.82, 2.24) is 0 Å². The van der Waals surface area contributed by atoms with Crippen molar-refractivity contribution in [2.24, 2.45) is 11.1 Å². The summed E-state index contributed by atoms with van der Waals surface area (Å²) in [5.41, 5.74) is 4.44. The third kappa shape index (κ3) is 6.04. The molecule has 0 saturated carbocycles. The van der Waals surface area contributed by atoms with Crippen LogP contribution in [0.4, 0.5) is 0 Å². The molecular formula is C24H24ClNO10. The molecular weight excluding hydrogens is 498 g/mol. The fourth-order valence-electron chi connectivity index (χ4n) is 3.07. The number of ether oxygens (including phenoxy) is 3. The van der Waals surface area contributed by atoms with Gasteiger partial charge in [-0.15, -0.1) is 12.4 Å². The maximum atomic E-state index is 12.6. The van der Waals surface area contributed by atoms with E-state index in [4.69, 9.17) is 24.4 Å². The molecule has 12 heteroatoms. The molecule has 1 heterocycles. The van der Waals surface area contributed by atoms with Crippen LogP contribution in [0.1, 0.15) is 69.8 Å². The van der Waals surface area contributed by atoms with Gasteiger partial charge in [0.25, 0.3) is 0 Å². The third-order valence-corrected chi connectivity index (χ3v) is 5.09. The zero-order chi connectivity index (χ0) is 25.9. The van der Waals surface area contributed by atoms with Crippen LogP contribution in [0.25, 0.3) is 0 Å². The number of halogens is 1. The van der Waals surface area contributed by atoms with Crippen LogP contribution in [0.5, 0.6) is 0 Å². The number of Topliss-reactive ketones (excluding diaryl/α,β-unsaturated/α-hetero) is 1. The van der Waals surface area contributed by atoms with E-state index in [2.05, 4.69) is 0 Å². The van der Waals surface area contributed by atoms with Gasteiger partial charge in [-0.05, 0) is 26.8 Å². The summed E-state index contributed by atoms with van der Waals surface area (Å²) >= 11 is 0. The summed E-state index contributed by atoms with van der Waals surface area (Å²) in [6.07, 6.45) is -0.783. The molecule has 0 saturated heterocycles. The van der Waals surface area contributed by atoms with Crippen molar-refractivity contribution >= 4 is 47.7 Å². The van der Waals surface area contributed by atoms with Crippen LogP contribution in [-0.4, -0.2) is 54.7 Å². The molecule has 1 aromatic carbocycles. The number of hydrogen-bond donors (Lipinski definition) is 1. The summed E-state index contributed by atoms with van der Waals surface area (Å²) in [6, 6.07) is 6.44. The Morgan fingerprint density at radius 3 is 2.19 bits per heavy atom. The van der Waals surface area contributed by atoms with Crippen LogP contribution in [0.15, 0.2) is 34.7 Å². The Bertz CT molecular complexity index is 1170. The summed E-state index contributed by atoms with van der Waals surface area (Å²) in [7, 11) is 0. The van der Waals surface area contributed by atoms with Gasteiger partial charge in [-0.1, -0.05) is 24.3 Å². The van der Waals surface area contributed by atoms with E-state index in [-0.39, 0.29) is 47.2 Å². The van der Waals surface area contributed by atoms with E-state index in [1.54, 1.807) is 12.1 Å². The Morgan fingerprint density at radius 1 is 0.972 bits per heavy atom. The first-order valence-electron chi connectivity index (χ1n) is 10.5. The molecule has 0 amide bonds. The van der Waals surface area contributed by atoms with Crippen molar-refractivity contribution < 1.29 is 47.4 Å². The molecule has 192 valence electrons. The first kappa shape index (κ1) is 28.4. The van der Waals surface area contributed by atoms with Crippen molar-refractivity contribution in [2.75, 3.05) is 13.4 Å². The number of furan rings is 1. The minimum atomic E-state index is -1.24. The molecule has 2 aromatic rings. The minimum Gasteiger partial charge on any atom is -0.463 e. The van der Waals surface area contributed by atoms with Gasteiger partial charge < -0.3 is 24.4 Å². The number of ketones is 3. The average Bonchev–Trinajstić information content (AvgIpc) is 3.27. The fourth-order valence-corrected chi connectivity index (χ4v) is 3.07. The number of carbonyl (C=O) groups excluding carboxylic acids is 6. The van der Waals surface area contributed by atoms with E-state index in [1.165, 1.54) is 32.9 Å². The van der Waals surface area contributed by atoms with Gasteiger partial charge in [-0.2, -0.15) is 0 Å². The van der Waals surface area contributed by atoms with E-state index in [1.807, 2.05) is 0 Å². The monoisotopic (exact) mass is 521 g/mol. The van der Waals surface area contributed by atoms with Crippen molar-refractivity contribution in [3.05, 3.63) is 58.5 Å². The third-order valence-electron chi connectivity index (χ3n) is 5.09. The quantitative estimate of drug-likeness (QED) is 0.189. The highest BCUT2D eigenvalue weighted by Crippen LogP contribution is 2.30. The molecule has 1 aliphatic rings. The van der Waals surface area contributed by atoms with Crippen LogP contribution in [0.2, 0.25) is 0 Å². The molecule has 0 bridgehead atoms. The Kier molecular flexibility index (Phi) is 8.89. The molecule has 3 rings (SSSR count). The summed E-state index contributed by atoms with van der Waals surface area (Å²) in [5, 5.41) is 0. The highest BCUT2D eigenvalue weighted by Gasteiger charge is 2.35. The normalized spacial score (nSPS) is 13.0. The van der Waals surface area contributed by atoms with Crippen LogP contribution in [0, 0.1) is 5.41 Å². The summed E-state index contributed by atoms with van der Waals surface area (Å²) in [5.74, 6) is -5.00. The summed E-state index contributed by atoms with van der Waals surface area (Å²) < 4.78 is 19.8. The molecule has 0 fully saturated rings. The largest absolute Gasteiger partial charge is 0.463 e. The van der Waals surface area contributed by atoms with E-state index < -0.39 is 59.9 Å². The number of carbonyl (C=O) groups is 6. The topological polar surface area (TPSA) is 169 Å². The SMILES string of the molecule is C[C@H](N)C(=O)OCC(C)(C)C(=O)OCOC(=O)CC(=O)c1cc2c(o1)C(=O)c1ccccc1C2=O.Cl. The molecule has 2 N–H and O–H groups in total. The maximum absolute atomic E-state index is 12.6. The van der Waals surface area contributed by atoms with Gasteiger partial charge in [0, 0.05) is 11.1 Å². The van der Waals surface area contributed by atoms with Crippen molar-refractivity contribution in [1.29, 1.82) is 0 Å². The predicted molar refractivity (Wildman–Crippen MR) is 124 cm³/mol. The van der Waals surface area contributed by atoms with Crippen LogP contribution in [0.3, 0.4) is 0 Å². The first-order valence-corrected chi connectivity index (χ1v) is 10.5. The molecule has 1 atom stereocenters. The van der Waals surface area contributed by atoms with Gasteiger partial charge in [0.05, 0.1) is 11.0 Å². The van der Waals surface area contributed by atoms with Gasteiger partial charge in [0.1, 0.15) is 19.1 Å². The van der Waals surface area contributed by atoms with Crippen molar-refractivity contribution in [3.63, 3.8) is 0 Å². The molecule has 1 aliphatic carbocycles. The molecule has 0 radical (unpaired) electrons. The van der Waals surface area contributed by atoms with E-state index in [0.29, 0.717) is 0 Å². The first-order chi connectivity index (χ1) is 16.4. The number of esters is 3. The Hall–Kier alpha value is -3.83. The second kappa shape index (κ2) is 11.3. The Balaban J connectivity index is 0.00000456. The highest BCUT2D eigenvalue weighted by atomic mass is 35.5. The zero-order valence-corrected chi connectivity index (χ0v) is 20.5. The van der Waals surface area contributed by atoms with Gasteiger partial charge in [0.2, 0.25) is 18.4 Å². The second-order valence-electron chi connectivity index (χ2n) is 8.50. The average molecular weight is 522 g/mol. The van der Waals surface area contributed by atoms with Gasteiger partial charge >= 0.3 is 17.9 Å². The minimum absolute atomic E-state index is 0. The van der Waals surface area contributed by atoms with Gasteiger partial charge in [0.15, 0.2) is 17.3 Å². The number of benzene rings is 1. The lowest BCUT2D eigenvalue weighted by Crippen LogP contribution is -2.36. The summed E-state index contributed by atoms with van der Waals surface area (Å²) in [4.78, 5) is 73.2. The maximum Gasteiger partial charge on any atom is 0.322 e. The van der Waals surface area contributed by atoms with E-state index in [9.17, 15) is 28.8 Å². The van der Waals surface area contributed by atoms with Crippen molar-refractivity contribution in [3.8, 4) is 0 Å². The zero-order valence-electron chi connectivity index (χ0n) is 19.7. The lowest BCUT2D eigenvalue weighted by Gasteiger charge is -2.22. The predicted octanol–water partition coefficient (Wildman–Crippen LogP) is 2.01.